The zero-order valence-electron chi connectivity index (χ0n) is 18.2. The Balaban J connectivity index is 1.73. The number of sulfonamides is 1. The second-order valence-electron chi connectivity index (χ2n) is 8.32. The number of nitrogens with zero attached hydrogens (tertiary/aromatic N) is 1. The lowest BCUT2D eigenvalue weighted by atomic mass is 10.1. The molecule has 8 heteroatoms. The maximum Gasteiger partial charge on any atom is 0.252 e. The van der Waals surface area contributed by atoms with Crippen LogP contribution in [0.3, 0.4) is 0 Å². The average molecular weight is 454 g/mol. The smallest absolute Gasteiger partial charge is 0.252 e. The molecule has 2 aromatic carbocycles. The molecule has 2 N–H and O–H groups in total. The van der Waals surface area contributed by atoms with Gasteiger partial charge in [0.05, 0.1) is 16.5 Å². The quantitative estimate of drug-likeness (QED) is 0.617. The van der Waals surface area contributed by atoms with Gasteiger partial charge in [0, 0.05) is 29.6 Å². The number of aromatic amines is 1. The summed E-state index contributed by atoms with van der Waals surface area (Å²) in [6.45, 7) is 4.25. The first-order valence-corrected chi connectivity index (χ1v) is 12.3. The lowest BCUT2D eigenvalue weighted by Crippen LogP contribution is -2.41. The molecule has 32 heavy (non-hydrogen) atoms. The van der Waals surface area contributed by atoms with Crippen molar-refractivity contribution in [3.8, 4) is 0 Å². The van der Waals surface area contributed by atoms with Crippen LogP contribution in [0.4, 0.5) is 0 Å². The second kappa shape index (κ2) is 8.88. The number of carbonyl (C=O) groups is 1. The first-order chi connectivity index (χ1) is 15.3. The van der Waals surface area contributed by atoms with Crippen molar-refractivity contribution in [3.05, 3.63) is 76.1 Å². The van der Waals surface area contributed by atoms with E-state index in [9.17, 15) is 18.0 Å². The van der Waals surface area contributed by atoms with Gasteiger partial charge in [-0.25, -0.2) is 8.42 Å². The minimum absolute atomic E-state index is 0.0745. The van der Waals surface area contributed by atoms with E-state index in [1.54, 1.807) is 6.07 Å². The summed E-state index contributed by atoms with van der Waals surface area (Å²) in [7, 11) is -3.71. The van der Waals surface area contributed by atoms with Gasteiger partial charge in [0.15, 0.2) is 0 Å². The Hall–Kier alpha value is -2.97. The predicted octanol–water partition coefficient (Wildman–Crippen LogP) is 3.58. The Bertz CT molecular complexity index is 1300. The maximum atomic E-state index is 13.3. The zero-order chi connectivity index (χ0) is 22.9. The molecule has 3 aromatic rings. The molecule has 4 rings (SSSR count). The number of pyridine rings is 1. The van der Waals surface area contributed by atoms with Crippen molar-refractivity contribution in [2.24, 2.45) is 0 Å². The minimum atomic E-state index is -3.71. The van der Waals surface area contributed by atoms with E-state index in [1.165, 1.54) is 22.5 Å². The van der Waals surface area contributed by atoms with E-state index in [2.05, 4.69) is 10.3 Å². The van der Waals surface area contributed by atoms with Crippen LogP contribution in [-0.2, 0) is 10.0 Å². The Morgan fingerprint density at radius 3 is 2.59 bits per heavy atom. The van der Waals surface area contributed by atoms with Gasteiger partial charge in [-0.05, 0) is 50.5 Å². The van der Waals surface area contributed by atoms with Crippen molar-refractivity contribution in [2.75, 3.05) is 6.54 Å². The SMILES string of the molecule is C[C@H](NC(=O)c1cc(=O)[nH]c2ccc(S(=O)(=O)N3CCCC[C@H]3C)cc12)c1ccccc1. The topological polar surface area (TPSA) is 99.3 Å². The zero-order valence-corrected chi connectivity index (χ0v) is 19.0. The van der Waals surface area contributed by atoms with Gasteiger partial charge < -0.3 is 10.3 Å². The minimum Gasteiger partial charge on any atom is -0.345 e. The van der Waals surface area contributed by atoms with Crippen LogP contribution in [-0.4, -0.2) is 36.2 Å². The molecule has 1 aliphatic rings. The molecule has 2 atom stereocenters. The first-order valence-electron chi connectivity index (χ1n) is 10.8. The summed E-state index contributed by atoms with van der Waals surface area (Å²) in [6.07, 6.45) is 2.66. The number of hydrogen-bond donors (Lipinski definition) is 2. The van der Waals surface area contributed by atoms with E-state index in [4.69, 9.17) is 0 Å². The van der Waals surface area contributed by atoms with E-state index in [0.29, 0.717) is 17.4 Å². The normalized spacial score (nSPS) is 18.4. The van der Waals surface area contributed by atoms with Crippen LogP contribution in [0.2, 0.25) is 0 Å². The van der Waals surface area contributed by atoms with Gasteiger partial charge in [0.2, 0.25) is 15.6 Å². The molecule has 0 spiro atoms. The highest BCUT2D eigenvalue weighted by Crippen LogP contribution is 2.28. The number of H-pyrrole nitrogens is 1. The Labute approximate surface area is 187 Å². The van der Waals surface area contributed by atoms with Gasteiger partial charge in [-0.2, -0.15) is 4.31 Å². The van der Waals surface area contributed by atoms with Crippen LogP contribution in [0.5, 0.6) is 0 Å². The summed E-state index contributed by atoms with van der Waals surface area (Å²) in [5.74, 6) is -0.432. The van der Waals surface area contributed by atoms with Crippen molar-refractivity contribution < 1.29 is 13.2 Å². The van der Waals surface area contributed by atoms with Gasteiger partial charge in [-0.3, -0.25) is 9.59 Å². The van der Waals surface area contributed by atoms with Crippen LogP contribution < -0.4 is 10.9 Å². The third-order valence-electron chi connectivity index (χ3n) is 6.05. The first kappa shape index (κ1) is 22.2. The van der Waals surface area contributed by atoms with Gasteiger partial charge in [0.25, 0.3) is 5.91 Å². The van der Waals surface area contributed by atoms with Gasteiger partial charge in [-0.15, -0.1) is 0 Å². The summed E-state index contributed by atoms with van der Waals surface area (Å²) >= 11 is 0. The predicted molar refractivity (Wildman–Crippen MR) is 124 cm³/mol. The molecule has 1 saturated heterocycles. The largest absolute Gasteiger partial charge is 0.345 e. The number of carbonyl (C=O) groups excluding carboxylic acids is 1. The monoisotopic (exact) mass is 453 g/mol. The fraction of sp³-hybridized carbons (Fsp3) is 0.333. The highest BCUT2D eigenvalue weighted by atomic mass is 32.2. The maximum absolute atomic E-state index is 13.3. The van der Waals surface area contributed by atoms with E-state index in [-0.39, 0.29) is 22.5 Å². The third-order valence-corrected chi connectivity index (χ3v) is 8.06. The Kier molecular flexibility index (Phi) is 6.17. The second-order valence-corrected chi connectivity index (χ2v) is 10.2. The van der Waals surface area contributed by atoms with Crippen molar-refractivity contribution in [1.29, 1.82) is 0 Å². The molecule has 1 aliphatic heterocycles. The third kappa shape index (κ3) is 4.33. The molecule has 0 radical (unpaired) electrons. The summed E-state index contributed by atoms with van der Waals surface area (Å²) in [4.78, 5) is 28.1. The van der Waals surface area contributed by atoms with Gasteiger partial charge in [0.1, 0.15) is 0 Å². The lowest BCUT2D eigenvalue weighted by Gasteiger charge is -2.32. The highest BCUT2D eigenvalue weighted by Gasteiger charge is 2.31. The summed E-state index contributed by atoms with van der Waals surface area (Å²) in [5.41, 5.74) is 1.07. The molecule has 0 bridgehead atoms. The van der Waals surface area contributed by atoms with Gasteiger partial charge >= 0.3 is 0 Å². The highest BCUT2D eigenvalue weighted by molar-refractivity contribution is 7.89. The number of piperidine rings is 1. The Morgan fingerprint density at radius 1 is 1.12 bits per heavy atom. The van der Waals surface area contributed by atoms with Gasteiger partial charge in [-0.1, -0.05) is 36.8 Å². The standard InChI is InChI=1S/C24H27N3O4S/c1-16-8-6-7-13-27(16)32(30,31)19-11-12-22-20(14-19)21(15-23(28)26-22)24(29)25-17(2)18-9-4-3-5-10-18/h3-5,9-12,14-17H,6-8,13H2,1-2H3,(H,25,29)(H,26,28)/t16-,17+/m1/s1. The molecular formula is C24H27N3O4S. The summed E-state index contributed by atoms with van der Waals surface area (Å²) in [6, 6.07) is 14.9. The summed E-state index contributed by atoms with van der Waals surface area (Å²) in [5, 5.41) is 3.31. The van der Waals surface area contributed by atoms with Crippen LogP contribution >= 0.6 is 0 Å². The van der Waals surface area contributed by atoms with Crippen LogP contribution in [0.1, 0.15) is 55.1 Å². The van der Waals surface area contributed by atoms with E-state index in [1.807, 2.05) is 44.2 Å². The molecule has 0 unspecified atom stereocenters. The van der Waals surface area contributed by atoms with Crippen molar-refractivity contribution in [2.45, 2.75) is 50.1 Å². The van der Waals surface area contributed by atoms with Crippen LogP contribution in [0, 0.1) is 0 Å². The summed E-state index contributed by atoms with van der Waals surface area (Å²) < 4.78 is 28.1. The number of nitrogens with one attached hydrogen (secondary N) is 2. The molecule has 0 saturated carbocycles. The molecule has 168 valence electrons. The fourth-order valence-corrected chi connectivity index (χ4v) is 5.97. The number of amides is 1. The molecular weight excluding hydrogens is 426 g/mol. The molecule has 1 aromatic heterocycles. The van der Waals surface area contributed by atoms with Crippen molar-refractivity contribution >= 4 is 26.8 Å². The number of aromatic nitrogens is 1. The molecule has 0 aliphatic carbocycles. The van der Waals surface area contributed by atoms with Crippen molar-refractivity contribution in [1.82, 2.24) is 14.6 Å². The van der Waals surface area contributed by atoms with E-state index in [0.717, 1.165) is 24.8 Å². The van der Waals surface area contributed by atoms with E-state index >= 15 is 0 Å². The van der Waals surface area contributed by atoms with Crippen molar-refractivity contribution in [3.63, 3.8) is 0 Å². The number of fused-ring (bicyclic) bond motifs is 1. The van der Waals surface area contributed by atoms with Crippen LogP contribution in [0.15, 0.2) is 64.3 Å². The number of rotatable bonds is 5. The number of benzene rings is 2. The average Bonchev–Trinajstić information content (AvgIpc) is 2.78. The lowest BCUT2D eigenvalue weighted by molar-refractivity contribution is 0.0941. The molecule has 2 heterocycles. The fourth-order valence-electron chi connectivity index (χ4n) is 4.24. The van der Waals surface area contributed by atoms with E-state index < -0.39 is 21.5 Å². The molecule has 1 amide bonds. The molecule has 7 nitrogen and oxygen atoms in total. The number of hydrogen-bond acceptors (Lipinski definition) is 4. The Morgan fingerprint density at radius 2 is 1.88 bits per heavy atom. The molecule has 1 fully saturated rings. The van der Waals surface area contributed by atoms with Crippen LogP contribution in [0.25, 0.3) is 10.9 Å².